The van der Waals surface area contributed by atoms with Crippen LogP contribution in [0.25, 0.3) is 0 Å². The number of halogens is 2. The van der Waals surface area contributed by atoms with Crippen molar-refractivity contribution in [2.75, 3.05) is 16.8 Å². The van der Waals surface area contributed by atoms with Crippen LogP contribution in [0.4, 0.5) is 10.2 Å². The summed E-state index contributed by atoms with van der Waals surface area (Å²) in [5, 5.41) is 0.859. The van der Waals surface area contributed by atoms with Crippen LogP contribution in [0.2, 0.25) is 0 Å². The lowest BCUT2D eigenvalue weighted by molar-refractivity contribution is 0.560. The zero-order valence-electron chi connectivity index (χ0n) is 10.7. The van der Waals surface area contributed by atoms with Gasteiger partial charge in [-0.25, -0.2) is 14.4 Å². The van der Waals surface area contributed by atoms with Gasteiger partial charge in [-0.2, -0.15) is 0 Å². The number of anilines is 1. The number of hydrogen-bond donors (Lipinski definition) is 0. The van der Waals surface area contributed by atoms with Gasteiger partial charge in [0.15, 0.2) is 11.6 Å². The van der Waals surface area contributed by atoms with Gasteiger partial charge in [0.25, 0.3) is 0 Å². The van der Waals surface area contributed by atoms with Crippen LogP contribution in [0.5, 0.6) is 0 Å². The van der Waals surface area contributed by atoms with Crippen molar-refractivity contribution >= 4 is 21.7 Å². The quantitative estimate of drug-likeness (QED) is 0.801. The number of hydrogen-bond acceptors (Lipinski definition) is 3. The van der Waals surface area contributed by atoms with Crippen LogP contribution in [-0.4, -0.2) is 27.9 Å². The summed E-state index contributed by atoms with van der Waals surface area (Å²) in [6.45, 7) is 2.80. The van der Waals surface area contributed by atoms with E-state index in [-0.39, 0.29) is 5.82 Å². The summed E-state index contributed by atoms with van der Waals surface area (Å²) in [4.78, 5) is 10.3. The number of rotatable bonds is 3. The molecular weight excluding hydrogens is 297 g/mol. The third kappa shape index (κ3) is 2.82. The van der Waals surface area contributed by atoms with E-state index in [2.05, 4.69) is 30.8 Å². The van der Waals surface area contributed by atoms with Crippen molar-refractivity contribution in [3.63, 3.8) is 0 Å². The summed E-state index contributed by atoms with van der Waals surface area (Å²) in [5.41, 5.74) is 0.512. The van der Waals surface area contributed by atoms with Gasteiger partial charge in [-0.15, -0.1) is 0 Å². The van der Waals surface area contributed by atoms with E-state index in [9.17, 15) is 4.39 Å². The molecule has 3 nitrogen and oxygen atoms in total. The molecule has 1 unspecified atom stereocenters. The maximum atomic E-state index is 14.3. The Morgan fingerprint density at radius 1 is 1.39 bits per heavy atom. The van der Waals surface area contributed by atoms with Crippen molar-refractivity contribution < 1.29 is 4.39 Å². The second-order valence-corrected chi connectivity index (χ2v) is 5.31. The summed E-state index contributed by atoms with van der Waals surface area (Å²) in [6.07, 6.45) is 6.71. The van der Waals surface area contributed by atoms with Crippen molar-refractivity contribution in [1.29, 1.82) is 0 Å². The maximum Gasteiger partial charge on any atom is 0.187 e. The molecule has 5 heteroatoms. The average molecular weight is 316 g/mol. The Balaban J connectivity index is 2.32. The Kier molecular flexibility index (Phi) is 4.92. The molecule has 0 radical (unpaired) electrons. The largest absolute Gasteiger partial charge is 0.350 e. The Bertz CT molecular complexity index is 400. The molecule has 1 atom stereocenters. The zero-order chi connectivity index (χ0) is 13.0. The highest BCUT2D eigenvalue weighted by molar-refractivity contribution is 9.09. The van der Waals surface area contributed by atoms with E-state index in [0.717, 1.165) is 24.7 Å². The SMILES string of the molecule is CCc1ncnc(N2CCCCCC2CBr)c1F. The molecule has 1 aliphatic heterocycles. The standard InChI is InChI=1S/C13H19BrFN3/c1-2-11-12(15)13(17-9-16-11)18-7-5-3-4-6-10(18)8-14/h9-10H,2-8H2,1H3. The Labute approximate surface area is 116 Å². The Hall–Kier alpha value is -0.710. The Morgan fingerprint density at radius 3 is 2.94 bits per heavy atom. The first kappa shape index (κ1) is 13.7. The second kappa shape index (κ2) is 6.45. The highest BCUT2D eigenvalue weighted by Crippen LogP contribution is 2.26. The first-order valence-electron chi connectivity index (χ1n) is 6.60. The summed E-state index contributed by atoms with van der Waals surface area (Å²) in [7, 11) is 0. The predicted molar refractivity (Wildman–Crippen MR) is 74.8 cm³/mol. The molecule has 1 aromatic rings. The Morgan fingerprint density at radius 2 is 2.22 bits per heavy atom. The van der Waals surface area contributed by atoms with E-state index >= 15 is 0 Å². The molecule has 1 fully saturated rings. The molecule has 1 aliphatic rings. The molecule has 1 saturated heterocycles. The molecule has 2 rings (SSSR count). The van der Waals surface area contributed by atoms with E-state index in [1.165, 1.54) is 19.2 Å². The smallest absolute Gasteiger partial charge is 0.187 e. The van der Waals surface area contributed by atoms with Crippen molar-refractivity contribution in [3.05, 3.63) is 17.8 Å². The monoisotopic (exact) mass is 315 g/mol. The molecule has 0 saturated carbocycles. The summed E-state index contributed by atoms with van der Waals surface area (Å²) in [6, 6.07) is 0.335. The van der Waals surface area contributed by atoms with Crippen LogP contribution < -0.4 is 4.90 Å². The van der Waals surface area contributed by atoms with E-state index in [0.29, 0.717) is 24.0 Å². The van der Waals surface area contributed by atoms with Gasteiger partial charge in [0.1, 0.15) is 6.33 Å². The first-order chi connectivity index (χ1) is 8.77. The lowest BCUT2D eigenvalue weighted by Gasteiger charge is -2.30. The van der Waals surface area contributed by atoms with E-state index < -0.39 is 0 Å². The number of aryl methyl sites for hydroxylation is 1. The van der Waals surface area contributed by atoms with Crippen LogP contribution in [0.15, 0.2) is 6.33 Å². The zero-order valence-corrected chi connectivity index (χ0v) is 12.3. The van der Waals surface area contributed by atoms with Crippen LogP contribution >= 0.6 is 15.9 Å². The molecule has 0 N–H and O–H groups in total. The molecule has 2 heterocycles. The predicted octanol–water partition coefficient (Wildman–Crippen LogP) is 3.32. The molecule has 0 amide bonds. The van der Waals surface area contributed by atoms with Crippen LogP contribution in [0, 0.1) is 5.82 Å². The molecule has 0 aliphatic carbocycles. The van der Waals surface area contributed by atoms with Gasteiger partial charge in [0.05, 0.1) is 5.69 Å². The van der Waals surface area contributed by atoms with Gasteiger partial charge in [0, 0.05) is 17.9 Å². The number of nitrogens with zero attached hydrogens (tertiary/aromatic N) is 3. The lowest BCUT2D eigenvalue weighted by atomic mass is 10.1. The summed E-state index contributed by atoms with van der Waals surface area (Å²) in [5.74, 6) is 0.237. The number of alkyl halides is 1. The number of aromatic nitrogens is 2. The molecule has 100 valence electrons. The van der Waals surface area contributed by atoms with Crippen LogP contribution in [0.3, 0.4) is 0 Å². The van der Waals surface area contributed by atoms with Gasteiger partial charge in [-0.1, -0.05) is 35.7 Å². The average Bonchev–Trinajstić information content (AvgIpc) is 2.64. The molecule has 0 bridgehead atoms. The van der Waals surface area contributed by atoms with E-state index in [1.54, 1.807) is 0 Å². The van der Waals surface area contributed by atoms with Crippen molar-refractivity contribution in [3.8, 4) is 0 Å². The minimum atomic E-state index is -0.243. The van der Waals surface area contributed by atoms with Crippen molar-refractivity contribution in [2.24, 2.45) is 0 Å². The highest BCUT2D eigenvalue weighted by atomic mass is 79.9. The van der Waals surface area contributed by atoms with Crippen molar-refractivity contribution in [1.82, 2.24) is 9.97 Å². The molecule has 18 heavy (non-hydrogen) atoms. The lowest BCUT2D eigenvalue weighted by Crippen LogP contribution is -2.37. The molecular formula is C13H19BrFN3. The fraction of sp³-hybridized carbons (Fsp3) is 0.692. The van der Waals surface area contributed by atoms with Gasteiger partial charge < -0.3 is 4.90 Å². The maximum absolute atomic E-state index is 14.3. The van der Waals surface area contributed by atoms with E-state index in [1.807, 2.05) is 6.92 Å². The molecule has 0 aromatic carbocycles. The minimum absolute atomic E-state index is 0.243. The van der Waals surface area contributed by atoms with Crippen LogP contribution in [0.1, 0.15) is 38.3 Å². The molecule has 0 spiro atoms. The topological polar surface area (TPSA) is 29.0 Å². The fourth-order valence-corrected chi connectivity index (χ4v) is 3.13. The highest BCUT2D eigenvalue weighted by Gasteiger charge is 2.24. The second-order valence-electron chi connectivity index (χ2n) is 4.66. The fourth-order valence-electron chi connectivity index (χ4n) is 2.46. The van der Waals surface area contributed by atoms with Gasteiger partial charge >= 0.3 is 0 Å². The van der Waals surface area contributed by atoms with Gasteiger partial charge in [-0.05, 0) is 19.3 Å². The third-order valence-corrected chi connectivity index (χ3v) is 4.25. The molecule has 1 aromatic heterocycles. The minimum Gasteiger partial charge on any atom is -0.350 e. The van der Waals surface area contributed by atoms with Gasteiger partial charge in [-0.3, -0.25) is 0 Å². The van der Waals surface area contributed by atoms with Crippen molar-refractivity contribution in [2.45, 2.75) is 45.1 Å². The first-order valence-corrected chi connectivity index (χ1v) is 7.72. The third-order valence-electron chi connectivity index (χ3n) is 3.51. The normalized spacial score (nSPS) is 20.8. The van der Waals surface area contributed by atoms with Crippen LogP contribution in [-0.2, 0) is 6.42 Å². The summed E-state index contributed by atoms with van der Waals surface area (Å²) >= 11 is 3.54. The van der Waals surface area contributed by atoms with E-state index in [4.69, 9.17) is 0 Å². The summed E-state index contributed by atoms with van der Waals surface area (Å²) < 4.78 is 14.3. The van der Waals surface area contributed by atoms with Gasteiger partial charge in [0.2, 0.25) is 0 Å².